The molecule has 0 saturated heterocycles. The Morgan fingerprint density at radius 2 is 2.16 bits per heavy atom. The van der Waals surface area contributed by atoms with Gasteiger partial charge in [0, 0.05) is 0 Å². The summed E-state index contributed by atoms with van der Waals surface area (Å²) in [5, 5.41) is 3.41. The van der Waals surface area contributed by atoms with E-state index >= 15 is 0 Å². The summed E-state index contributed by atoms with van der Waals surface area (Å²) in [6, 6.07) is 5.50. The smallest absolute Gasteiger partial charge is 0.237 e. The zero-order valence-corrected chi connectivity index (χ0v) is 12.6. The standard InChI is InChI=1S/C14H17ClN2OS/c1-8-6-14(7-8,12(16)19)13(18)17-11-9(2)4-3-5-10(11)15/h3-5,8H,6-7H2,1-2H3,(H2,16,19)(H,17,18). The van der Waals surface area contributed by atoms with E-state index in [0.29, 0.717) is 29.5 Å². The first-order valence-electron chi connectivity index (χ1n) is 6.23. The third-order valence-corrected chi connectivity index (χ3v) is 4.47. The van der Waals surface area contributed by atoms with Crippen LogP contribution in [0.4, 0.5) is 5.69 Å². The molecule has 0 heterocycles. The van der Waals surface area contributed by atoms with Crippen molar-refractivity contribution in [2.45, 2.75) is 26.7 Å². The van der Waals surface area contributed by atoms with Crippen LogP contribution in [-0.4, -0.2) is 10.9 Å². The van der Waals surface area contributed by atoms with Gasteiger partial charge in [0.25, 0.3) is 0 Å². The van der Waals surface area contributed by atoms with E-state index in [4.69, 9.17) is 29.6 Å². The summed E-state index contributed by atoms with van der Waals surface area (Å²) in [6.45, 7) is 3.99. The normalized spacial score (nSPS) is 25.5. The van der Waals surface area contributed by atoms with Crippen LogP contribution in [0.3, 0.4) is 0 Å². The number of nitrogens with one attached hydrogen (secondary N) is 1. The van der Waals surface area contributed by atoms with E-state index in [0.717, 1.165) is 5.56 Å². The van der Waals surface area contributed by atoms with Crippen molar-refractivity contribution in [1.29, 1.82) is 0 Å². The third-order valence-electron chi connectivity index (χ3n) is 3.76. The fraction of sp³-hybridized carbons (Fsp3) is 0.429. The zero-order chi connectivity index (χ0) is 14.2. The summed E-state index contributed by atoms with van der Waals surface area (Å²) in [7, 11) is 0. The number of amides is 1. The number of hydrogen-bond donors (Lipinski definition) is 2. The van der Waals surface area contributed by atoms with Gasteiger partial charge in [-0.2, -0.15) is 0 Å². The second-order valence-corrected chi connectivity index (χ2v) is 6.19. The average Bonchev–Trinajstić information content (AvgIpc) is 2.29. The van der Waals surface area contributed by atoms with Gasteiger partial charge in [0.15, 0.2) is 0 Å². The van der Waals surface area contributed by atoms with Crippen LogP contribution in [0.1, 0.15) is 25.3 Å². The molecule has 0 aliphatic heterocycles. The molecule has 2 rings (SSSR count). The molecule has 19 heavy (non-hydrogen) atoms. The lowest BCUT2D eigenvalue weighted by atomic mass is 9.62. The van der Waals surface area contributed by atoms with Crippen molar-refractivity contribution in [3.63, 3.8) is 0 Å². The number of nitrogens with two attached hydrogens (primary N) is 1. The van der Waals surface area contributed by atoms with E-state index in [1.807, 2.05) is 19.1 Å². The summed E-state index contributed by atoms with van der Waals surface area (Å²) in [4.78, 5) is 12.7. The first-order valence-corrected chi connectivity index (χ1v) is 7.02. The third kappa shape index (κ3) is 2.47. The fourth-order valence-corrected chi connectivity index (χ4v) is 3.18. The van der Waals surface area contributed by atoms with Gasteiger partial charge in [-0.15, -0.1) is 0 Å². The molecule has 3 N–H and O–H groups in total. The second kappa shape index (κ2) is 5.10. The molecule has 0 atom stereocenters. The van der Waals surface area contributed by atoms with E-state index < -0.39 is 5.41 Å². The Balaban J connectivity index is 2.24. The van der Waals surface area contributed by atoms with Crippen molar-refractivity contribution >= 4 is 40.4 Å². The maximum atomic E-state index is 12.5. The van der Waals surface area contributed by atoms with Gasteiger partial charge >= 0.3 is 0 Å². The molecule has 0 radical (unpaired) electrons. The summed E-state index contributed by atoms with van der Waals surface area (Å²) in [5.74, 6) is 0.328. The fourth-order valence-electron chi connectivity index (χ4n) is 2.65. The van der Waals surface area contributed by atoms with Gasteiger partial charge in [0.1, 0.15) is 0 Å². The van der Waals surface area contributed by atoms with Gasteiger partial charge in [-0.1, -0.05) is 42.9 Å². The summed E-state index contributed by atoms with van der Waals surface area (Å²) < 4.78 is 0. The molecule has 0 aromatic heterocycles. The van der Waals surface area contributed by atoms with Gasteiger partial charge in [0.05, 0.1) is 21.1 Å². The monoisotopic (exact) mass is 296 g/mol. The number of rotatable bonds is 3. The molecular formula is C14H17ClN2OS. The minimum absolute atomic E-state index is 0.144. The number of carbonyl (C=O) groups is 1. The highest BCUT2D eigenvalue weighted by atomic mass is 35.5. The molecule has 1 aromatic rings. The van der Waals surface area contributed by atoms with E-state index in [1.165, 1.54) is 0 Å². The maximum Gasteiger partial charge on any atom is 0.237 e. The van der Waals surface area contributed by atoms with Crippen LogP contribution in [0, 0.1) is 18.3 Å². The molecule has 1 aromatic carbocycles. The number of hydrogen-bond acceptors (Lipinski definition) is 2. The lowest BCUT2D eigenvalue weighted by molar-refractivity contribution is -0.127. The molecule has 0 unspecified atom stereocenters. The largest absolute Gasteiger partial charge is 0.392 e. The van der Waals surface area contributed by atoms with Crippen LogP contribution in [0.2, 0.25) is 5.02 Å². The Morgan fingerprint density at radius 3 is 2.63 bits per heavy atom. The predicted molar refractivity (Wildman–Crippen MR) is 82.4 cm³/mol. The summed E-state index contributed by atoms with van der Waals surface area (Å²) in [6.07, 6.45) is 1.41. The molecule has 1 aliphatic rings. The van der Waals surface area contributed by atoms with Gasteiger partial charge < -0.3 is 11.1 Å². The van der Waals surface area contributed by atoms with Crippen molar-refractivity contribution in [2.24, 2.45) is 17.1 Å². The molecule has 1 amide bonds. The Hall–Kier alpha value is -1.13. The molecule has 1 fully saturated rings. The quantitative estimate of drug-likeness (QED) is 0.842. The summed E-state index contributed by atoms with van der Waals surface area (Å²) in [5.41, 5.74) is 6.62. The summed E-state index contributed by atoms with van der Waals surface area (Å²) >= 11 is 11.2. The molecule has 3 nitrogen and oxygen atoms in total. The minimum Gasteiger partial charge on any atom is -0.392 e. The average molecular weight is 297 g/mol. The molecule has 5 heteroatoms. The lowest BCUT2D eigenvalue weighted by Crippen LogP contribution is -2.53. The van der Waals surface area contributed by atoms with Gasteiger partial charge in [-0.25, -0.2) is 0 Å². The SMILES string of the molecule is Cc1cccc(Cl)c1NC(=O)C1(C(N)=S)CC(C)C1. The number of aryl methyl sites for hydroxylation is 1. The first kappa shape index (κ1) is 14.3. The molecule has 102 valence electrons. The van der Waals surface area contributed by atoms with Gasteiger partial charge in [0.2, 0.25) is 5.91 Å². The number of carbonyl (C=O) groups excluding carboxylic acids is 1. The van der Waals surface area contributed by atoms with Crippen LogP contribution in [-0.2, 0) is 4.79 Å². The lowest BCUT2D eigenvalue weighted by Gasteiger charge is -2.44. The number of thiocarbonyl (C=S) groups is 1. The highest BCUT2D eigenvalue weighted by molar-refractivity contribution is 7.80. The predicted octanol–water partition coefficient (Wildman–Crippen LogP) is 3.29. The van der Waals surface area contributed by atoms with Crippen molar-refractivity contribution in [3.05, 3.63) is 28.8 Å². The highest BCUT2D eigenvalue weighted by Gasteiger charge is 2.51. The van der Waals surface area contributed by atoms with Crippen molar-refractivity contribution in [2.75, 3.05) is 5.32 Å². The molecule has 0 spiro atoms. The number of halogens is 1. The van der Waals surface area contributed by atoms with Crippen LogP contribution < -0.4 is 11.1 Å². The number of para-hydroxylation sites is 1. The molecule has 1 saturated carbocycles. The Labute approximate surface area is 123 Å². The highest BCUT2D eigenvalue weighted by Crippen LogP contribution is 2.46. The maximum absolute atomic E-state index is 12.5. The zero-order valence-electron chi connectivity index (χ0n) is 11.0. The molecule has 1 aliphatic carbocycles. The van der Waals surface area contributed by atoms with Crippen LogP contribution >= 0.6 is 23.8 Å². The van der Waals surface area contributed by atoms with E-state index in [1.54, 1.807) is 6.07 Å². The van der Waals surface area contributed by atoms with Gasteiger partial charge in [-0.3, -0.25) is 4.79 Å². The molecular weight excluding hydrogens is 280 g/mol. The van der Waals surface area contributed by atoms with Crippen molar-refractivity contribution in [1.82, 2.24) is 0 Å². The Bertz CT molecular complexity index is 518. The second-order valence-electron chi connectivity index (χ2n) is 5.35. The van der Waals surface area contributed by atoms with E-state index in [2.05, 4.69) is 12.2 Å². The molecule has 0 bridgehead atoms. The number of benzene rings is 1. The van der Waals surface area contributed by atoms with Crippen LogP contribution in [0.5, 0.6) is 0 Å². The Kier molecular flexibility index (Phi) is 3.83. The minimum atomic E-state index is -0.708. The number of anilines is 1. The Morgan fingerprint density at radius 1 is 1.53 bits per heavy atom. The van der Waals surface area contributed by atoms with E-state index in [9.17, 15) is 4.79 Å². The van der Waals surface area contributed by atoms with E-state index in [-0.39, 0.29) is 10.9 Å². The van der Waals surface area contributed by atoms with Crippen molar-refractivity contribution in [3.8, 4) is 0 Å². The van der Waals surface area contributed by atoms with Crippen LogP contribution in [0.25, 0.3) is 0 Å². The van der Waals surface area contributed by atoms with Crippen LogP contribution in [0.15, 0.2) is 18.2 Å². The van der Waals surface area contributed by atoms with Crippen molar-refractivity contribution < 1.29 is 4.79 Å². The van der Waals surface area contributed by atoms with Gasteiger partial charge in [-0.05, 0) is 37.3 Å². The first-order chi connectivity index (χ1) is 8.86. The topological polar surface area (TPSA) is 55.1 Å².